The summed E-state index contributed by atoms with van der Waals surface area (Å²) in [5.74, 6) is -0.721. The van der Waals surface area contributed by atoms with Crippen molar-refractivity contribution in [1.29, 1.82) is 0 Å². The number of anilines is 2. The van der Waals surface area contributed by atoms with E-state index in [1.165, 1.54) is 49.0 Å². The highest BCUT2D eigenvalue weighted by Gasteiger charge is 2.29. The number of hydrogen-bond acceptors (Lipinski definition) is 10. The maximum absolute atomic E-state index is 13.7. The fourth-order valence-corrected chi connectivity index (χ4v) is 8.10. The largest absolute Gasteiger partial charge is 0.497 e. The molecule has 0 atom stereocenters. The molecular weight excluding hydrogens is 737 g/mol. The molecule has 55 heavy (non-hydrogen) atoms. The molecule has 2 heterocycles. The van der Waals surface area contributed by atoms with E-state index >= 15 is 0 Å². The molecule has 0 saturated carbocycles. The Morgan fingerprint density at radius 2 is 1.62 bits per heavy atom. The summed E-state index contributed by atoms with van der Waals surface area (Å²) in [6.07, 6.45) is 2.20. The smallest absolute Gasteiger partial charge is 0.341 e. The molecule has 0 aliphatic carbocycles. The topological polar surface area (TPSA) is 135 Å². The van der Waals surface area contributed by atoms with Crippen LogP contribution in [0.25, 0.3) is 6.08 Å². The van der Waals surface area contributed by atoms with Crippen LogP contribution in [-0.2, 0) is 33.8 Å². The second-order valence-electron chi connectivity index (χ2n) is 12.5. The van der Waals surface area contributed by atoms with Crippen molar-refractivity contribution in [2.75, 3.05) is 44.3 Å². The van der Waals surface area contributed by atoms with Gasteiger partial charge in [0, 0.05) is 52.3 Å². The normalized spacial score (nSPS) is 12.6. The van der Waals surface area contributed by atoms with Crippen LogP contribution in [0.2, 0.25) is 0 Å². The number of nitrogens with one attached hydrogen (secondary N) is 3. The molecule has 4 aromatic carbocycles. The molecule has 0 unspecified atom stereocenters. The van der Waals surface area contributed by atoms with Gasteiger partial charge in [-0.2, -0.15) is 0 Å². The molecule has 0 spiro atoms. The van der Waals surface area contributed by atoms with Crippen LogP contribution in [0.3, 0.4) is 0 Å². The van der Waals surface area contributed by atoms with Crippen LogP contribution in [0, 0.1) is 0 Å². The highest BCUT2D eigenvalue weighted by Crippen LogP contribution is 2.38. The van der Waals surface area contributed by atoms with Gasteiger partial charge in [0.25, 0.3) is 11.8 Å². The van der Waals surface area contributed by atoms with Crippen molar-refractivity contribution in [3.63, 3.8) is 0 Å². The Labute approximate surface area is 327 Å². The molecular formula is C42H40N4O7S2. The number of thiophene rings is 1. The number of benzene rings is 4. The highest BCUT2D eigenvalue weighted by molar-refractivity contribution is 8.00. The van der Waals surface area contributed by atoms with Gasteiger partial charge in [0.15, 0.2) is 0 Å². The number of nitrogens with zero attached hydrogens (tertiary/aromatic N) is 1. The van der Waals surface area contributed by atoms with Gasteiger partial charge >= 0.3 is 5.97 Å². The Balaban J connectivity index is 1.13. The van der Waals surface area contributed by atoms with Gasteiger partial charge in [-0.25, -0.2) is 4.79 Å². The summed E-state index contributed by atoms with van der Waals surface area (Å²) in [6, 6.07) is 31.0. The predicted molar refractivity (Wildman–Crippen MR) is 216 cm³/mol. The summed E-state index contributed by atoms with van der Waals surface area (Å²) >= 11 is 2.69. The number of methoxy groups -OCH3 is 3. The van der Waals surface area contributed by atoms with Gasteiger partial charge in [-0.05, 0) is 66.1 Å². The molecule has 3 N–H and O–H groups in total. The van der Waals surface area contributed by atoms with Gasteiger partial charge < -0.3 is 30.2 Å². The maximum Gasteiger partial charge on any atom is 0.341 e. The number of amides is 3. The molecule has 6 rings (SSSR count). The minimum atomic E-state index is -0.568. The molecule has 1 aliphatic rings. The maximum atomic E-state index is 13.7. The first kappa shape index (κ1) is 38.8. The van der Waals surface area contributed by atoms with Crippen molar-refractivity contribution in [3.8, 4) is 11.5 Å². The van der Waals surface area contributed by atoms with Gasteiger partial charge in [-0.3, -0.25) is 19.3 Å². The van der Waals surface area contributed by atoms with Crippen molar-refractivity contribution >= 4 is 63.6 Å². The molecule has 5 aromatic rings. The molecule has 13 heteroatoms. The van der Waals surface area contributed by atoms with E-state index in [1.807, 2.05) is 24.3 Å². The second kappa shape index (κ2) is 18.4. The average molecular weight is 777 g/mol. The average Bonchev–Trinajstić information content (AvgIpc) is 3.57. The molecule has 1 aliphatic heterocycles. The summed E-state index contributed by atoms with van der Waals surface area (Å²) in [6.45, 7) is 2.24. The van der Waals surface area contributed by atoms with Crippen molar-refractivity contribution in [1.82, 2.24) is 10.2 Å². The van der Waals surface area contributed by atoms with Crippen molar-refractivity contribution in [3.05, 3.63) is 142 Å². The summed E-state index contributed by atoms with van der Waals surface area (Å²) in [5, 5.41) is 9.04. The number of fused-ring (bicyclic) bond motifs is 1. The molecule has 3 amide bonds. The summed E-state index contributed by atoms with van der Waals surface area (Å²) in [5.41, 5.74) is 3.92. The first-order valence-electron chi connectivity index (χ1n) is 17.4. The quantitative estimate of drug-likeness (QED) is 0.0606. The summed E-state index contributed by atoms with van der Waals surface area (Å²) in [4.78, 5) is 57.2. The minimum absolute atomic E-state index is 0.0157. The van der Waals surface area contributed by atoms with Crippen LogP contribution in [0.1, 0.15) is 42.3 Å². The van der Waals surface area contributed by atoms with Crippen molar-refractivity contribution in [2.45, 2.75) is 24.4 Å². The van der Waals surface area contributed by atoms with E-state index in [9.17, 15) is 19.2 Å². The van der Waals surface area contributed by atoms with Crippen molar-refractivity contribution < 1.29 is 33.4 Å². The van der Waals surface area contributed by atoms with E-state index in [4.69, 9.17) is 14.2 Å². The molecule has 0 radical (unpaired) electrons. The van der Waals surface area contributed by atoms with E-state index in [1.54, 1.807) is 73.8 Å². The van der Waals surface area contributed by atoms with E-state index in [2.05, 4.69) is 33.0 Å². The third-order valence-electron chi connectivity index (χ3n) is 8.76. The fourth-order valence-electron chi connectivity index (χ4n) is 6.05. The predicted octanol–water partition coefficient (Wildman–Crippen LogP) is 7.25. The molecule has 11 nitrogen and oxygen atoms in total. The SMILES string of the molecule is COC(=O)c1c(NC(=O)CSc2cccc(NC(=O)/C(=C\c3ccc(OC)cc3OC)NC(=O)c3ccccc3)c2)sc2c1CCN(Cc1ccccc1)C2. The Morgan fingerprint density at radius 1 is 0.855 bits per heavy atom. The van der Waals surface area contributed by atoms with Crippen LogP contribution in [0.15, 0.2) is 114 Å². The molecule has 0 bridgehead atoms. The first-order valence-corrected chi connectivity index (χ1v) is 19.2. The zero-order chi connectivity index (χ0) is 38.7. The number of thioether (sulfide) groups is 1. The van der Waals surface area contributed by atoms with E-state index < -0.39 is 17.8 Å². The van der Waals surface area contributed by atoms with Crippen LogP contribution in [0.4, 0.5) is 10.7 Å². The molecule has 0 saturated heterocycles. The zero-order valence-electron chi connectivity index (χ0n) is 30.5. The number of carbonyl (C=O) groups excluding carboxylic acids is 4. The van der Waals surface area contributed by atoms with Gasteiger partial charge in [-0.1, -0.05) is 54.6 Å². The summed E-state index contributed by atoms with van der Waals surface area (Å²) < 4.78 is 15.9. The van der Waals surface area contributed by atoms with Crippen LogP contribution in [-0.4, -0.2) is 62.2 Å². The van der Waals surface area contributed by atoms with E-state index in [0.717, 1.165) is 28.4 Å². The Morgan fingerprint density at radius 3 is 2.35 bits per heavy atom. The third kappa shape index (κ3) is 10.0. The lowest BCUT2D eigenvalue weighted by Gasteiger charge is -2.27. The number of hydrogen-bond donors (Lipinski definition) is 3. The highest BCUT2D eigenvalue weighted by atomic mass is 32.2. The van der Waals surface area contributed by atoms with Gasteiger partial charge in [0.1, 0.15) is 22.2 Å². The minimum Gasteiger partial charge on any atom is -0.497 e. The lowest BCUT2D eigenvalue weighted by Crippen LogP contribution is -2.30. The van der Waals surface area contributed by atoms with Gasteiger partial charge in [-0.15, -0.1) is 23.1 Å². The van der Waals surface area contributed by atoms with Crippen LogP contribution in [0.5, 0.6) is 11.5 Å². The van der Waals surface area contributed by atoms with Crippen LogP contribution >= 0.6 is 23.1 Å². The lowest BCUT2D eigenvalue weighted by atomic mass is 10.0. The summed E-state index contributed by atoms with van der Waals surface area (Å²) in [7, 11) is 4.39. The number of ether oxygens (including phenoxy) is 3. The van der Waals surface area contributed by atoms with Crippen LogP contribution < -0.4 is 25.4 Å². The standard InChI is InChI=1S/C42H40N4O7S2/c1-51-31-18-17-29(35(23-31)52-2)21-34(44-39(48)28-13-8-5-9-14-28)40(49)43-30-15-10-16-32(22-30)54-26-37(47)45-41-38(42(50)53-3)33-19-20-46(25-36(33)55-41)24-27-11-6-4-7-12-27/h4-18,21-23H,19-20,24-26H2,1-3H3,(H,43,49)(H,44,48)(H,45,47)/b34-21+. The molecule has 1 aromatic heterocycles. The number of rotatable bonds is 14. The Kier molecular flexibility index (Phi) is 13.0. The van der Waals surface area contributed by atoms with Gasteiger partial charge in [0.2, 0.25) is 5.91 Å². The first-order chi connectivity index (χ1) is 26.7. The van der Waals surface area contributed by atoms with Crippen molar-refractivity contribution in [2.24, 2.45) is 0 Å². The Hall–Kier alpha value is -5.89. The second-order valence-corrected chi connectivity index (χ2v) is 14.6. The Bertz CT molecular complexity index is 2210. The number of esters is 1. The van der Waals surface area contributed by atoms with E-state index in [-0.39, 0.29) is 17.4 Å². The fraction of sp³-hybridized carbons (Fsp3) is 0.190. The van der Waals surface area contributed by atoms with E-state index in [0.29, 0.717) is 51.8 Å². The zero-order valence-corrected chi connectivity index (χ0v) is 32.2. The van der Waals surface area contributed by atoms with Gasteiger partial charge in [0.05, 0.1) is 32.6 Å². The lowest BCUT2D eigenvalue weighted by molar-refractivity contribution is -0.114. The molecule has 0 fully saturated rings. The monoisotopic (exact) mass is 776 g/mol. The number of carbonyl (C=O) groups is 4. The third-order valence-corrected chi connectivity index (χ3v) is 10.9. The molecule has 282 valence electrons.